The average Bonchev–Trinajstić information content (AvgIpc) is 2.38. The van der Waals surface area contributed by atoms with Gasteiger partial charge in [0.25, 0.3) is 0 Å². The van der Waals surface area contributed by atoms with E-state index in [9.17, 15) is 14.4 Å². The number of hydrogen-bond donors (Lipinski definition) is 3. The molecule has 0 aromatic rings. The summed E-state index contributed by atoms with van der Waals surface area (Å²) in [7, 11) is 1.61. The summed E-state index contributed by atoms with van der Waals surface area (Å²) in [5.41, 5.74) is 8.54. The standard InChI is InChI=1S/C8H15N2O2.C5H11N2O.HI.H2O.Pr/c1-5(9)6(11)7(12)8(2,3)10-4;1-4(2)5(3-8)7-6;;;/h5,9-10H,1-4H3;4-5,7H,6H2,1-2H3;1H;1H2;/q2*-1;;;/p-1/t2*5-;;;/m11.../s1. The largest absolute Gasteiger partial charge is 0.870 e. The van der Waals surface area contributed by atoms with Crippen molar-refractivity contribution in [2.24, 2.45) is 11.8 Å². The molecule has 0 aromatic heterocycles. The number of likely N-dealkylation sites (N-methyl/N-ethyl adjacent to an activating group) is 1. The van der Waals surface area contributed by atoms with Crippen LogP contribution in [0.25, 0.3) is 5.73 Å². The van der Waals surface area contributed by atoms with Crippen molar-refractivity contribution >= 4 is 41.8 Å². The molecule has 0 rings (SSSR count). The number of carbonyl (C=O) groups excluding carboxylic acids is 3. The maximum atomic E-state index is 11.3. The molecule has 6 N–H and O–H groups in total. The van der Waals surface area contributed by atoms with Gasteiger partial charge in [-0.15, -0.1) is 24.0 Å². The Balaban J connectivity index is -0.0000000880. The second-order valence-electron chi connectivity index (χ2n) is 5.30. The third kappa shape index (κ3) is 14.9. The predicted molar refractivity (Wildman–Crippen MR) is 95.9 cm³/mol. The molecule has 10 heteroatoms. The number of nitrogens with two attached hydrogens (primary N) is 1. The third-order valence-electron chi connectivity index (χ3n) is 2.78. The summed E-state index contributed by atoms with van der Waals surface area (Å²) in [4.78, 5) is 32.3. The average molecular weight is 572 g/mol. The number of hydrazine groups is 1. The molecule has 0 fully saturated rings. The molecule has 0 saturated carbocycles. The van der Waals surface area contributed by atoms with Gasteiger partial charge in [0, 0.05) is 41.3 Å². The molecule has 0 aliphatic heterocycles. The van der Waals surface area contributed by atoms with Gasteiger partial charge in [-0.25, -0.2) is 6.29 Å². The summed E-state index contributed by atoms with van der Waals surface area (Å²) >= 11 is 0. The van der Waals surface area contributed by atoms with Gasteiger partial charge in [-0.05, 0) is 20.9 Å². The summed E-state index contributed by atoms with van der Waals surface area (Å²) in [6.45, 7) is 8.43. The molecule has 0 heterocycles. The fourth-order valence-corrected chi connectivity index (χ4v) is 0.981. The van der Waals surface area contributed by atoms with Gasteiger partial charge in [-0.1, -0.05) is 38.8 Å². The van der Waals surface area contributed by atoms with Crippen LogP contribution in [0.15, 0.2) is 0 Å². The van der Waals surface area contributed by atoms with Crippen LogP contribution in [0.5, 0.6) is 0 Å². The Hall–Kier alpha value is 0.904. The number of Topliss-reactive ketones (excluding diaryl/α,β-unsaturated/α-hetero) is 2. The van der Waals surface area contributed by atoms with Crippen LogP contribution in [-0.4, -0.2) is 48.0 Å². The topological polar surface area (TPSA) is 155 Å². The molecule has 0 aliphatic carbocycles. The zero-order valence-corrected chi connectivity index (χ0v) is 20.5. The van der Waals surface area contributed by atoms with Crippen molar-refractivity contribution in [1.29, 1.82) is 0 Å². The molecule has 0 saturated heterocycles. The Bertz CT molecular complexity index is 342. The summed E-state index contributed by atoms with van der Waals surface area (Å²) in [5, 5.41) is 2.72. The zero-order valence-electron chi connectivity index (χ0n) is 14.5. The number of ketones is 2. The van der Waals surface area contributed by atoms with Crippen LogP contribution in [0.1, 0.15) is 34.6 Å². The van der Waals surface area contributed by atoms with Gasteiger partial charge in [-0.2, -0.15) is 0 Å². The van der Waals surface area contributed by atoms with Gasteiger partial charge in [-0.3, -0.25) is 20.9 Å². The molecule has 0 aromatic carbocycles. The zero-order chi connectivity index (χ0) is 16.5. The molecule has 0 unspecified atom stereocenters. The minimum Gasteiger partial charge on any atom is -0.870 e. The second kappa shape index (κ2) is 17.7. The number of halogens is 1. The van der Waals surface area contributed by atoms with E-state index in [1.54, 1.807) is 27.2 Å². The monoisotopic (exact) mass is 572 g/mol. The minimum atomic E-state index is -0.967. The first kappa shape index (κ1) is 35.1. The van der Waals surface area contributed by atoms with Gasteiger partial charge in [0.1, 0.15) is 0 Å². The Morgan fingerprint density at radius 2 is 1.61 bits per heavy atom. The maximum Gasteiger partial charge on any atom is 0.216 e. The molecule has 137 valence electrons. The molecule has 8 nitrogen and oxygen atoms in total. The second-order valence-corrected chi connectivity index (χ2v) is 5.30. The van der Waals surface area contributed by atoms with Gasteiger partial charge in [0.2, 0.25) is 5.78 Å². The van der Waals surface area contributed by atoms with E-state index < -0.39 is 23.1 Å². The summed E-state index contributed by atoms with van der Waals surface area (Å²) < 4.78 is 0. The number of carbonyl (C=O) groups is 2. The van der Waals surface area contributed by atoms with Gasteiger partial charge < -0.3 is 21.3 Å². The fourth-order valence-electron chi connectivity index (χ4n) is 0.981. The molecule has 0 amide bonds. The van der Waals surface area contributed by atoms with E-state index in [0.717, 1.165) is 0 Å². The molecule has 0 spiro atoms. The van der Waals surface area contributed by atoms with Crippen molar-refractivity contribution in [3.05, 3.63) is 5.73 Å². The first-order chi connectivity index (χ1) is 9.04. The normalized spacial score (nSPS) is 12.2. The smallest absolute Gasteiger partial charge is 0.216 e. The van der Waals surface area contributed by atoms with E-state index >= 15 is 0 Å². The SMILES string of the molecule is CC(C)[C@@H]([C-]=O)NN.CNC(C)(C)C(=O)C(=O)[C@@H](C)[NH-].I.[OH-].[Pr]. The van der Waals surface area contributed by atoms with E-state index in [0.29, 0.717) is 0 Å². The first-order valence-corrected chi connectivity index (χ1v) is 6.37. The van der Waals surface area contributed by atoms with E-state index in [1.807, 2.05) is 13.8 Å². The Kier molecular flexibility index (Phi) is 27.0. The summed E-state index contributed by atoms with van der Waals surface area (Å²) in [5.74, 6) is 4.01. The predicted octanol–water partition coefficient (Wildman–Crippen LogP) is 0.589. The van der Waals surface area contributed by atoms with Gasteiger partial charge >= 0.3 is 0 Å². The van der Waals surface area contributed by atoms with Crippen LogP contribution >= 0.6 is 24.0 Å². The number of nitrogens with one attached hydrogen (secondary N) is 3. The summed E-state index contributed by atoms with van der Waals surface area (Å²) in [6, 6.07) is -1.29. The van der Waals surface area contributed by atoms with Crippen molar-refractivity contribution in [2.75, 3.05) is 7.05 Å². The van der Waals surface area contributed by atoms with E-state index in [-0.39, 0.29) is 82.7 Å². The van der Waals surface area contributed by atoms with Crippen molar-refractivity contribution in [2.45, 2.75) is 52.2 Å². The third-order valence-corrected chi connectivity index (χ3v) is 2.78. The molecule has 2 atom stereocenters. The van der Waals surface area contributed by atoms with Crippen molar-refractivity contribution in [3.8, 4) is 0 Å². The summed E-state index contributed by atoms with van der Waals surface area (Å²) in [6.07, 6.45) is 1.77. The Morgan fingerprint density at radius 3 is 1.74 bits per heavy atom. The molecular formula is C13H28IN4O4Pr-3. The fraction of sp³-hybridized carbons (Fsp3) is 0.769. The minimum absolute atomic E-state index is 0. The molecular weight excluding hydrogens is 544 g/mol. The van der Waals surface area contributed by atoms with E-state index in [4.69, 9.17) is 11.6 Å². The van der Waals surface area contributed by atoms with Crippen LogP contribution in [0, 0.1) is 47.2 Å². The molecule has 23 heavy (non-hydrogen) atoms. The van der Waals surface area contributed by atoms with Crippen molar-refractivity contribution in [1.82, 2.24) is 10.7 Å². The number of rotatable bonds is 7. The molecule has 0 aliphatic rings. The Morgan fingerprint density at radius 1 is 1.22 bits per heavy atom. The van der Waals surface area contributed by atoms with Crippen molar-refractivity contribution in [3.63, 3.8) is 0 Å². The first-order valence-electron chi connectivity index (χ1n) is 6.37. The number of hydrogen-bond acceptors (Lipinski definition) is 7. The Labute approximate surface area is 188 Å². The van der Waals surface area contributed by atoms with E-state index in [2.05, 4.69) is 10.7 Å². The quantitative estimate of drug-likeness (QED) is 0.133. The van der Waals surface area contributed by atoms with Crippen LogP contribution in [-0.2, 0) is 14.4 Å². The van der Waals surface area contributed by atoms with Crippen LogP contribution < -0.4 is 16.6 Å². The van der Waals surface area contributed by atoms with Gasteiger partial charge in [0.15, 0.2) is 5.78 Å². The van der Waals surface area contributed by atoms with Crippen LogP contribution in [0.2, 0.25) is 0 Å². The van der Waals surface area contributed by atoms with Gasteiger partial charge in [0.05, 0.1) is 5.54 Å². The van der Waals surface area contributed by atoms with Crippen LogP contribution in [0.3, 0.4) is 0 Å². The van der Waals surface area contributed by atoms with Crippen LogP contribution in [0.4, 0.5) is 0 Å². The molecule has 1 radical (unpaired) electrons. The maximum absolute atomic E-state index is 11.3. The van der Waals surface area contributed by atoms with Crippen molar-refractivity contribution < 1.29 is 61.2 Å². The molecule has 0 bridgehead atoms. The van der Waals surface area contributed by atoms with E-state index in [1.165, 1.54) is 6.92 Å².